The van der Waals surface area contributed by atoms with Crippen LogP contribution >= 0.6 is 0 Å². The molecule has 1 aromatic carbocycles. The Kier molecular flexibility index (Phi) is 3.57. The summed E-state index contributed by atoms with van der Waals surface area (Å²) in [5.74, 6) is -0.667. The molecular formula is C12H11NO2. The lowest BCUT2D eigenvalue weighted by Crippen LogP contribution is -2.21. The number of hydrogen-bond acceptors (Lipinski definition) is 2. The third kappa shape index (κ3) is 2.40. The number of carbonyl (C=O) groups is 2. The van der Waals surface area contributed by atoms with Gasteiger partial charge in [0.25, 0.3) is 11.8 Å². The summed E-state index contributed by atoms with van der Waals surface area (Å²) in [4.78, 5) is 22.0. The van der Waals surface area contributed by atoms with E-state index in [9.17, 15) is 9.59 Å². The molecule has 2 amide bonds. The summed E-state index contributed by atoms with van der Waals surface area (Å²) in [5.41, 5.74) is 1.21. The zero-order valence-corrected chi connectivity index (χ0v) is 8.19. The molecule has 1 aliphatic heterocycles. The largest absolute Gasteiger partial charge is 0.289 e. The summed E-state index contributed by atoms with van der Waals surface area (Å²) in [6.07, 6.45) is 1.32. The first-order chi connectivity index (χ1) is 7.27. The fourth-order valence-corrected chi connectivity index (χ4v) is 1.24. The Morgan fingerprint density at radius 1 is 1.00 bits per heavy atom. The molecule has 0 aromatic heterocycles. The third-order valence-electron chi connectivity index (χ3n) is 1.84. The van der Waals surface area contributed by atoms with Crippen LogP contribution in [0.2, 0.25) is 0 Å². The van der Waals surface area contributed by atoms with Crippen LogP contribution in [-0.4, -0.2) is 11.8 Å². The van der Waals surface area contributed by atoms with E-state index >= 15 is 0 Å². The molecular weight excluding hydrogens is 190 g/mol. The predicted octanol–water partition coefficient (Wildman–Crippen LogP) is 1.53. The molecule has 2 rings (SSSR count). The average Bonchev–Trinajstić information content (AvgIpc) is 2.62. The second-order valence-corrected chi connectivity index (χ2v) is 2.74. The monoisotopic (exact) mass is 201 g/mol. The van der Waals surface area contributed by atoms with Gasteiger partial charge in [0.1, 0.15) is 0 Å². The van der Waals surface area contributed by atoms with Crippen LogP contribution in [0, 0.1) is 0 Å². The van der Waals surface area contributed by atoms with Crippen LogP contribution in [0.4, 0.5) is 0 Å². The van der Waals surface area contributed by atoms with Crippen molar-refractivity contribution < 1.29 is 9.59 Å². The number of hydrogen-bond donors (Lipinski definition) is 1. The molecule has 0 spiro atoms. The minimum atomic E-state index is -0.344. The lowest BCUT2D eigenvalue weighted by molar-refractivity contribution is -0.123. The maximum atomic E-state index is 11.2. The van der Waals surface area contributed by atoms with Crippen LogP contribution < -0.4 is 5.32 Å². The van der Waals surface area contributed by atoms with Gasteiger partial charge in [-0.1, -0.05) is 30.3 Å². The van der Waals surface area contributed by atoms with E-state index < -0.39 is 0 Å². The van der Waals surface area contributed by atoms with Gasteiger partial charge >= 0.3 is 0 Å². The van der Waals surface area contributed by atoms with Gasteiger partial charge in [-0.3, -0.25) is 14.9 Å². The Labute approximate surface area is 88.1 Å². The molecule has 0 saturated carbocycles. The smallest absolute Gasteiger partial charge is 0.258 e. The Balaban J connectivity index is 0.000000531. The summed E-state index contributed by atoms with van der Waals surface area (Å²) >= 11 is 0. The first kappa shape index (κ1) is 10.9. The van der Waals surface area contributed by atoms with Crippen LogP contribution in [0.3, 0.4) is 0 Å². The SMILES string of the molecule is C=C.O=C1C=C(c2ccccc2)C(=O)N1. The van der Waals surface area contributed by atoms with Gasteiger partial charge in [-0.05, 0) is 5.56 Å². The molecule has 0 atom stereocenters. The Hall–Kier alpha value is -2.16. The van der Waals surface area contributed by atoms with Crippen molar-refractivity contribution in [3.63, 3.8) is 0 Å². The van der Waals surface area contributed by atoms with Crippen LogP contribution in [0.1, 0.15) is 5.56 Å². The molecule has 0 radical (unpaired) electrons. The van der Waals surface area contributed by atoms with E-state index in [1.807, 2.05) is 18.2 Å². The number of benzene rings is 1. The van der Waals surface area contributed by atoms with Crippen molar-refractivity contribution in [1.82, 2.24) is 5.32 Å². The fourth-order valence-electron chi connectivity index (χ4n) is 1.24. The van der Waals surface area contributed by atoms with Crippen molar-refractivity contribution >= 4 is 17.4 Å². The summed E-state index contributed by atoms with van der Waals surface area (Å²) in [6.45, 7) is 6.00. The third-order valence-corrected chi connectivity index (χ3v) is 1.84. The zero-order valence-electron chi connectivity index (χ0n) is 8.19. The standard InChI is InChI=1S/C10H7NO2.C2H4/c12-9-6-8(10(13)11-9)7-4-2-1-3-5-7;1-2/h1-6H,(H,11,12,13);1-2H2. The number of carbonyl (C=O) groups excluding carboxylic acids is 2. The number of imide groups is 1. The van der Waals surface area contributed by atoms with Crippen molar-refractivity contribution in [2.45, 2.75) is 0 Å². The second-order valence-electron chi connectivity index (χ2n) is 2.74. The van der Waals surface area contributed by atoms with Crippen molar-refractivity contribution in [3.8, 4) is 0 Å². The molecule has 15 heavy (non-hydrogen) atoms. The topological polar surface area (TPSA) is 46.2 Å². The van der Waals surface area contributed by atoms with E-state index in [1.165, 1.54) is 6.08 Å². The maximum Gasteiger partial charge on any atom is 0.258 e. The number of amides is 2. The lowest BCUT2D eigenvalue weighted by atomic mass is 10.1. The first-order valence-electron chi connectivity index (χ1n) is 4.40. The molecule has 0 saturated heterocycles. The molecule has 1 aliphatic rings. The normalized spacial score (nSPS) is 13.7. The number of rotatable bonds is 1. The van der Waals surface area contributed by atoms with Gasteiger partial charge < -0.3 is 0 Å². The van der Waals surface area contributed by atoms with Gasteiger partial charge in [0.15, 0.2) is 0 Å². The van der Waals surface area contributed by atoms with Gasteiger partial charge in [0, 0.05) is 6.08 Å². The summed E-state index contributed by atoms with van der Waals surface area (Å²) in [7, 11) is 0. The summed E-state index contributed by atoms with van der Waals surface area (Å²) in [6, 6.07) is 9.10. The van der Waals surface area contributed by atoms with Crippen molar-refractivity contribution in [2.24, 2.45) is 0 Å². The minimum absolute atomic E-state index is 0.323. The summed E-state index contributed by atoms with van der Waals surface area (Å²) < 4.78 is 0. The summed E-state index contributed by atoms with van der Waals surface area (Å²) in [5, 5.41) is 2.19. The van der Waals surface area contributed by atoms with E-state index in [2.05, 4.69) is 18.5 Å². The van der Waals surface area contributed by atoms with Gasteiger partial charge in [-0.15, -0.1) is 13.2 Å². The zero-order chi connectivity index (χ0) is 11.3. The van der Waals surface area contributed by atoms with Crippen LogP contribution in [0.5, 0.6) is 0 Å². The molecule has 0 aliphatic carbocycles. The van der Waals surface area contributed by atoms with Gasteiger partial charge in [-0.25, -0.2) is 0 Å². The van der Waals surface area contributed by atoms with Crippen molar-refractivity contribution in [3.05, 3.63) is 55.1 Å². The Morgan fingerprint density at radius 3 is 2.07 bits per heavy atom. The van der Waals surface area contributed by atoms with Crippen LogP contribution in [0.25, 0.3) is 5.57 Å². The maximum absolute atomic E-state index is 11.2. The van der Waals surface area contributed by atoms with E-state index in [1.54, 1.807) is 12.1 Å². The fraction of sp³-hybridized carbons (Fsp3) is 0. The lowest BCUT2D eigenvalue weighted by Gasteiger charge is -1.97. The molecule has 1 N–H and O–H groups in total. The van der Waals surface area contributed by atoms with E-state index in [4.69, 9.17) is 0 Å². The molecule has 1 heterocycles. The molecule has 3 heteroatoms. The second kappa shape index (κ2) is 4.91. The minimum Gasteiger partial charge on any atom is -0.289 e. The van der Waals surface area contributed by atoms with E-state index in [0.717, 1.165) is 5.56 Å². The van der Waals surface area contributed by atoms with Crippen molar-refractivity contribution in [2.75, 3.05) is 0 Å². The number of nitrogens with one attached hydrogen (secondary N) is 1. The highest BCUT2D eigenvalue weighted by atomic mass is 16.2. The van der Waals surface area contributed by atoms with Gasteiger partial charge in [0.05, 0.1) is 5.57 Å². The van der Waals surface area contributed by atoms with E-state index in [-0.39, 0.29) is 11.8 Å². The predicted molar refractivity (Wildman–Crippen MR) is 58.8 cm³/mol. The molecule has 0 bridgehead atoms. The highest BCUT2D eigenvalue weighted by Gasteiger charge is 2.21. The quantitative estimate of drug-likeness (QED) is 0.553. The highest BCUT2D eigenvalue weighted by Crippen LogP contribution is 2.16. The molecule has 1 aromatic rings. The molecule has 3 nitrogen and oxygen atoms in total. The van der Waals surface area contributed by atoms with Crippen molar-refractivity contribution in [1.29, 1.82) is 0 Å². The van der Waals surface area contributed by atoms with Gasteiger partial charge in [-0.2, -0.15) is 0 Å². The van der Waals surface area contributed by atoms with Crippen LogP contribution in [-0.2, 0) is 9.59 Å². The Morgan fingerprint density at radius 2 is 1.60 bits per heavy atom. The Bertz CT molecular complexity index is 407. The molecule has 0 fully saturated rings. The highest BCUT2D eigenvalue weighted by molar-refractivity contribution is 6.33. The average molecular weight is 201 g/mol. The molecule has 76 valence electrons. The van der Waals surface area contributed by atoms with Gasteiger partial charge in [0.2, 0.25) is 0 Å². The first-order valence-corrected chi connectivity index (χ1v) is 4.40. The van der Waals surface area contributed by atoms with Crippen LogP contribution in [0.15, 0.2) is 49.6 Å². The molecule has 0 unspecified atom stereocenters. The van der Waals surface area contributed by atoms with E-state index in [0.29, 0.717) is 5.57 Å².